The predicted molar refractivity (Wildman–Crippen MR) is 115 cm³/mol. The van der Waals surface area contributed by atoms with E-state index in [1.807, 2.05) is 74.5 Å². The second kappa shape index (κ2) is 8.53. The largest absolute Gasteiger partial charge is 0.268 e. The highest BCUT2D eigenvalue weighted by Gasteiger charge is 2.29. The number of pyridine rings is 1. The fourth-order valence-electron chi connectivity index (χ4n) is 3.03. The Morgan fingerprint density at radius 2 is 1.52 bits per heavy atom. The number of anilines is 1. The summed E-state index contributed by atoms with van der Waals surface area (Å²) in [6, 6.07) is 23.3. The lowest BCUT2D eigenvalue weighted by molar-refractivity contribution is 0.536. The molecule has 0 aliphatic heterocycles. The molecule has 0 saturated heterocycles. The first-order valence-corrected chi connectivity index (χ1v) is 11.1. The van der Waals surface area contributed by atoms with Crippen molar-refractivity contribution in [2.24, 2.45) is 10.2 Å². The Hall–Kier alpha value is -3.06. The van der Waals surface area contributed by atoms with Crippen molar-refractivity contribution >= 4 is 15.8 Å². The van der Waals surface area contributed by atoms with Gasteiger partial charge in [0.15, 0.2) is 0 Å². The van der Waals surface area contributed by atoms with Crippen molar-refractivity contribution in [1.29, 1.82) is 0 Å². The molecule has 3 rings (SSSR count). The van der Waals surface area contributed by atoms with Crippen LogP contribution >= 0.6 is 0 Å². The first-order valence-electron chi connectivity index (χ1n) is 9.25. The molecule has 0 aliphatic rings. The van der Waals surface area contributed by atoms with Crippen LogP contribution < -0.4 is 4.72 Å². The fraction of sp³-hybridized carbons (Fsp3) is 0.227. The molecule has 1 N–H and O–H groups in total. The number of rotatable bonds is 7. The average Bonchev–Trinajstić information content (AvgIpc) is 2.72. The monoisotopic (exact) mass is 408 g/mol. The molecule has 0 amide bonds. The minimum Gasteiger partial charge on any atom is -0.268 e. The Balaban J connectivity index is 1.93. The van der Waals surface area contributed by atoms with E-state index in [4.69, 9.17) is 5.11 Å². The van der Waals surface area contributed by atoms with E-state index in [1.54, 1.807) is 18.3 Å². The Bertz CT molecular complexity index is 1040. The predicted octanol–water partition coefficient (Wildman–Crippen LogP) is 4.93. The van der Waals surface area contributed by atoms with Gasteiger partial charge in [0, 0.05) is 6.20 Å². The molecule has 1 heterocycles. The second-order valence-electron chi connectivity index (χ2n) is 7.04. The number of benzene rings is 2. The van der Waals surface area contributed by atoms with Crippen LogP contribution in [0.3, 0.4) is 0 Å². The van der Waals surface area contributed by atoms with Crippen LogP contribution in [-0.4, -0.2) is 19.7 Å². The summed E-state index contributed by atoms with van der Waals surface area (Å²) in [5, 5.41) is 9.32. The van der Waals surface area contributed by atoms with E-state index < -0.39 is 15.6 Å². The lowest BCUT2D eigenvalue weighted by Gasteiger charge is -2.25. The number of hydrogen-bond donors (Lipinski definition) is 1. The highest BCUT2D eigenvalue weighted by atomic mass is 32.2. The summed E-state index contributed by atoms with van der Waals surface area (Å²) in [6.45, 7) is 3.95. The van der Waals surface area contributed by atoms with Gasteiger partial charge in [-0.15, -0.1) is 0 Å². The van der Waals surface area contributed by atoms with E-state index in [2.05, 4.69) is 14.8 Å². The van der Waals surface area contributed by atoms with Crippen molar-refractivity contribution in [3.63, 3.8) is 0 Å². The van der Waals surface area contributed by atoms with Gasteiger partial charge in [-0.1, -0.05) is 60.7 Å². The van der Waals surface area contributed by atoms with E-state index in [0.29, 0.717) is 0 Å². The van der Waals surface area contributed by atoms with Crippen LogP contribution in [0.15, 0.2) is 89.2 Å². The van der Waals surface area contributed by atoms with E-state index >= 15 is 0 Å². The number of nitrogens with zero attached hydrogens (tertiary/aromatic N) is 3. The molecule has 3 aromatic rings. The molecular formula is C22H24N4O2S. The van der Waals surface area contributed by atoms with Gasteiger partial charge in [0.05, 0.1) is 12.3 Å². The van der Waals surface area contributed by atoms with Crippen molar-refractivity contribution in [2.45, 2.75) is 25.4 Å². The molecule has 150 valence electrons. The van der Waals surface area contributed by atoms with Crippen LogP contribution in [0.4, 0.5) is 5.82 Å². The SMILES string of the molecule is CC(N=NC(C)(c1ccccc1)c1ccccc1)c1ccnc(NS(C)(=O)=O)c1. The van der Waals surface area contributed by atoms with Crippen LogP contribution in [0, 0.1) is 0 Å². The third-order valence-corrected chi connectivity index (χ3v) is 5.24. The quantitative estimate of drug-likeness (QED) is 0.563. The standard InChI is InChI=1S/C22H24N4O2S/c1-17(18-14-15-23-21(16-18)25-29(3,27)28)24-26-22(2,19-10-6-4-7-11-19)20-12-8-5-9-13-20/h4-17H,1-3H3,(H,23,25). The molecule has 0 radical (unpaired) electrons. The van der Waals surface area contributed by atoms with Gasteiger partial charge in [-0.2, -0.15) is 10.2 Å². The molecule has 6 nitrogen and oxygen atoms in total. The van der Waals surface area contributed by atoms with Gasteiger partial charge in [-0.05, 0) is 42.7 Å². The topological polar surface area (TPSA) is 83.8 Å². The fourth-order valence-corrected chi connectivity index (χ4v) is 3.52. The summed E-state index contributed by atoms with van der Waals surface area (Å²) in [4.78, 5) is 4.05. The zero-order chi connectivity index (χ0) is 20.9. The zero-order valence-electron chi connectivity index (χ0n) is 16.6. The summed E-state index contributed by atoms with van der Waals surface area (Å²) in [6.07, 6.45) is 2.65. The summed E-state index contributed by atoms with van der Waals surface area (Å²) in [7, 11) is -3.39. The number of nitrogens with one attached hydrogen (secondary N) is 1. The summed E-state index contributed by atoms with van der Waals surface area (Å²) >= 11 is 0. The minimum absolute atomic E-state index is 0.265. The molecule has 1 aromatic heterocycles. The number of hydrogen-bond acceptors (Lipinski definition) is 5. The molecule has 0 saturated carbocycles. The third kappa shape index (κ3) is 5.26. The number of aromatic nitrogens is 1. The average molecular weight is 409 g/mol. The van der Waals surface area contributed by atoms with E-state index in [9.17, 15) is 8.42 Å². The molecule has 0 aliphatic carbocycles. The molecule has 29 heavy (non-hydrogen) atoms. The van der Waals surface area contributed by atoms with Crippen molar-refractivity contribution < 1.29 is 8.42 Å². The van der Waals surface area contributed by atoms with Crippen molar-refractivity contribution in [1.82, 2.24) is 4.98 Å². The third-order valence-electron chi connectivity index (χ3n) is 4.66. The summed E-state index contributed by atoms with van der Waals surface area (Å²) < 4.78 is 25.3. The second-order valence-corrected chi connectivity index (χ2v) is 8.79. The van der Waals surface area contributed by atoms with Gasteiger partial charge in [0.25, 0.3) is 0 Å². The molecular weight excluding hydrogens is 384 g/mol. The van der Waals surface area contributed by atoms with E-state index in [0.717, 1.165) is 22.9 Å². The van der Waals surface area contributed by atoms with Gasteiger partial charge in [0.2, 0.25) is 10.0 Å². The Morgan fingerprint density at radius 1 is 0.966 bits per heavy atom. The smallest absolute Gasteiger partial charge is 0.230 e. The van der Waals surface area contributed by atoms with Crippen LogP contribution in [0.1, 0.15) is 36.6 Å². The first kappa shape index (κ1) is 20.7. The number of azo groups is 1. The summed E-state index contributed by atoms with van der Waals surface area (Å²) in [5.74, 6) is 0.265. The molecule has 0 spiro atoms. The van der Waals surface area contributed by atoms with Gasteiger partial charge in [-0.25, -0.2) is 13.4 Å². The van der Waals surface area contributed by atoms with Crippen molar-refractivity contribution in [2.75, 3.05) is 11.0 Å². The Labute approximate surface area is 171 Å². The maximum atomic E-state index is 11.5. The lowest BCUT2D eigenvalue weighted by atomic mass is 9.85. The van der Waals surface area contributed by atoms with Crippen molar-refractivity contribution in [3.05, 3.63) is 95.7 Å². The normalized spacial score (nSPS) is 13.3. The molecule has 2 aromatic carbocycles. The van der Waals surface area contributed by atoms with Gasteiger partial charge < -0.3 is 0 Å². The van der Waals surface area contributed by atoms with Gasteiger partial charge in [-0.3, -0.25) is 4.72 Å². The Kier molecular flexibility index (Phi) is 6.08. The molecule has 7 heteroatoms. The minimum atomic E-state index is -3.39. The highest BCUT2D eigenvalue weighted by molar-refractivity contribution is 7.92. The van der Waals surface area contributed by atoms with Crippen LogP contribution in [-0.2, 0) is 15.6 Å². The maximum absolute atomic E-state index is 11.5. The summed E-state index contributed by atoms with van der Waals surface area (Å²) in [5.41, 5.74) is 2.25. The Morgan fingerprint density at radius 3 is 2.03 bits per heavy atom. The van der Waals surface area contributed by atoms with E-state index in [1.165, 1.54) is 0 Å². The van der Waals surface area contributed by atoms with Crippen LogP contribution in [0.5, 0.6) is 0 Å². The zero-order valence-corrected chi connectivity index (χ0v) is 17.5. The van der Waals surface area contributed by atoms with E-state index in [-0.39, 0.29) is 11.9 Å². The molecule has 0 bridgehead atoms. The van der Waals surface area contributed by atoms with Crippen molar-refractivity contribution in [3.8, 4) is 0 Å². The van der Waals surface area contributed by atoms with Gasteiger partial charge >= 0.3 is 0 Å². The molecule has 0 fully saturated rings. The number of sulfonamides is 1. The maximum Gasteiger partial charge on any atom is 0.230 e. The first-order chi connectivity index (χ1) is 13.8. The van der Waals surface area contributed by atoms with Crippen LogP contribution in [0.25, 0.3) is 0 Å². The van der Waals surface area contributed by atoms with Crippen LogP contribution in [0.2, 0.25) is 0 Å². The highest BCUT2D eigenvalue weighted by Crippen LogP contribution is 2.35. The molecule has 1 unspecified atom stereocenters. The lowest BCUT2D eigenvalue weighted by Crippen LogP contribution is -2.20. The van der Waals surface area contributed by atoms with Gasteiger partial charge in [0.1, 0.15) is 11.4 Å². The molecule has 1 atom stereocenters.